The summed E-state index contributed by atoms with van der Waals surface area (Å²) < 4.78 is 6.95. The first-order chi connectivity index (χ1) is 10.3. The van der Waals surface area contributed by atoms with E-state index in [0.717, 1.165) is 33.6 Å². The van der Waals surface area contributed by atoms with Crippen LogP contribution in [-0.4, -0.2) is 12.0 Å². The Balaban J connectivity index is 1.94. The van der Waals surface area contributed by atoms with E-state index in [1.807, 2.05) is 37.4 Å². The summed E-state index contributed by atoms with van der Waals surface area (Å²) in [6.07, 6.45) is 1.76. The SMILES string of the molecule is CNCc1cc(Oc2ccc3ccccc3c2Br)ccn1. The van der Waals surface area contributed by atoms with Crippen LogP contribution >= 0.6 is 15.9 Å². The Morgan fingerprint density at radius 2 is 2.00 bits per heavy atom. The molecule has 0 bridgehead atoms. The van der Waals surface area contributed by atoms with Crippen molar-refractivity contribution in [2.24, 2.45) is 0 Å². The predicted octanol–water partition coefficient (Wildman–Crippen LogP) is 4.51. The summed E-state index contributed by atoms with van der Waals surface area (Å²) in [4.78, 5) is 4.29. The molecular weight excluding hydrogens is 328 g/mol. The number of nitrogens with zero attached hydrogens (tertiary/aromatic N) is 1. The van der Waals surface area contributed by atoms with Crippen molar-refractivity contribution < 1.29 is 4.74 Å². The molecule has 3 nitrogen and oxygen atoms in total. The number of aromatic nitrogens is 1. The Bertz CT molecular complexity index is 774. The van der Waals surface area contributed by atoms with E-state index in [0.29, 0.717) is 0 Å². The molecule has 1 heterocycles. The molecule has 0 atom stereocenters. The van der Waals surface area contributed by atoms with Crippen LogP contribution < -0.4 is 10.1 Å². The van der Waals surface area contributed by atoms with Crippen molar-refractivity contribution in [1.29, 1.82) is 0 Å². The fourth-order valence-corrected chi connectivity index (χ4v) is 2.79. The topological polar surface area (TPSA) is 34.1 Å². The summed E-state index contributed by atoms with van der Waals surface area (Å²) in [6.45, 7) is 0.718. The smallest absolute Gasteiger partial charge is 0.142 e. The lowest BCUT2D eigenvalue weighted by Gasteiger charge is -2.10. The molecule has 0 saturated carbocycles. The Kier molecular flexibility index (Phi) is 4.18. The van der Waals surface area contributed by atoms with Crippen molar-refractivity contribution in [3.63, 3.8) is 0 Å². The number of rotatable bonds is 4. The minimum absolute atomic E-state index is 0.718. The zero-order valence-corrected chi connectivity index (χ0v) is 13.2. The summed E-state index contributed by atoms with van der Waals surface area (Å²) in [5.74, 6) is 1.58. The van der Waals surface area contributed by atoms with Gasteiger partial charge in [-0.3, -0.25) is 4.98 Å². The van der Waals surface area contributed by atoms with Crippen LogP contribution in [0.4, 0.5) is 0 Å². The molecule has 4 heteroatoms. The normalized spacial score (nSPS) is 10.8. The molecule has 1 aromatic heterocycles. The van der Waals surface area contributed by atoms with Gasteiger partial charge in [0.2, 0.25) is 0 Å². The average Bonchev–Trinajstić information content (AvgIpc) is 2.51. The summed E-state index contributed by atoms with van der Waals surface area (Å²) >= 11 is 3.64. The molecule has 0 aliphatic rings. The third kappa shape index (κ3) is 3.06. The molecule has 0 aliphatic heterocycles. The highest BCUT2D eigenvalue weighted by Crippen LogP contribution is 2.35. The second kappa shape index (κ2) is 6.24. The Hall–Kier alpha value is -1.91. The lowest BCUT2D eigenvalue weighted by Crippen LogP contribution is -2.06. The molecule has 0 amide bonds. The minimum Gasteiger partial charge on any atom is -0.456 e. The van der Waals surface area contributed by atoms with Gasteiger partial charge in [-0.2, -0.15) is 0 Å². The largest absolute Gasteiger partial charge is 0.456 e. The van der Waals surface area contributed by atoms with E-state index in [4.69, 9.17) is 4.74 Å². The van der Waals surface area contributed by atoms with Gasteiger partial charge in [0, 0.05) is 18.8 Å². The maximum absolute atomic E-state index is 5.99. The zero-order chi connectivity index (χ0) is 14.7. The zero-order valence-electron chi connectivity index (χ0n) is 11.6. The molecule has 2 aromatic carbocycles. The van der Waals surface area contributed by atoms with E-state index in [9.17, 15) is 0 Å². The number of hydrogen-bond acceptors (Lipinski definition) is 3. The van der Waals surface area contributed by atoms with E-state index in [1.54, 1.807) is 6.20 Å². The number of fused-ring (bicyclic) bond motifs is 1. The van der Waals surface area contributed by atoms with Gasteiger partial charge < -0.3 is 10.1 Å². The first kappa shape index (κ1) is 14.0. The summed E-state index contributed by atoms with van der Waals surface area (Å²) in [5, 5.41) is 5.40. The standard InChI is InChI=1S/C17H15BrN2O/c1-19-11-13-10-14(8-9-20-13)21-16-7-6-12-4-2-3-5-15(12)17(16)18/h2-10,19H,11H2,1H3. The van der Waals surface area contributed by atoms with Crippen LogP contribution in [0.2, 0.25) is 0 Å². The molecule has 0 saturated heterocycles. The van der Waals surface area contributed by atoms with Crippen molar-refractivity contribution in [2.75, 3.05) is 7.05 Å². The monoisotopic (exact) mass is 342 g/mol. The summed E-state index contributed by atoms with van der Waals surface area (Å²) in [7, 11) is 1.90. The minimum atomic E-state index is 0.718. The van der Waals surface area contributed by atoms with Crippen molar-refractivity contribution in [2.45, 2.75) is 6.54 Å². The molecule has 3 aromatic rings. The van der Waals surface area contributed by atoms with Crippen molar-refractivity contribution in [3.8, 4) is 11.5 Å². The lowest BCUT2D eigenvalue weighted by atomic mass is 10.1. The first-order valence-electron chi connectivity index (χ1n) is 6.72. The van der Waals surface area contributed by atoms with Gasteiger partial charge in [-0.05, 0) is 45.9 Å². The highest BCUT2D eigenvalue weighted by molar-refractivity contribution is 9.10. The van der Waals surface area contributed by atoms with Gasteiger partial charge in [0.1, 0.15) is 11.5 Å². The quantitative estimate of drug-likeness (QED) is 0.757. The Labute approximate surface area is 132 Å². The van der Waals surface area contributed by atoms with E-state index >= 15 is 0 Å². The number of ether oxygens (including phenoxy) is 1. The Morgan fingerprint density at radius 3 is 2.86 bits per heavy atom. The molecule has 21 heavy (non-hydrogen) atoms. The van der Waals surface area contributed by atoms with Gasteiger partial charge in [-0.15, -0.1) is 0 Å². The number of hydrogen-bond donors (Lipinski definition) is 1. The van der Waals surface area contributed by atoms with Crippen LogP contribution in [0.3, 0.4) is 0 Å². The third-order valence-electron chi connectivity index (χ3n) is 3.20. The maximum Gasteiger partial charge on any atom is 0.142 e. The van der Waals surface area contributed by atoms with Crippen LogP contribution in [0.15, 0.2) is 59.2 Å². The summed E-state index contributed by atoms with van der Waals surface area (Å²) in [6, 6.07) is 16.1. The van der Waals surface area contributed by atoms with Crippen LogP contribution in [-0.2, 0) is 6.54 Å². The molecule has 0 radical (unpaired) electrons. The van der Waals surface area contributed by atoms with Crippen LogP contribution in [0, 0.1) is 0 Å². The van der Waals surface area contributed by atoms with E-state index < -0.39 is 0 Å². The molecule has 1 N–H and O–H groups in total. The predicted molar refractivity (Wildman–Crippen MR) is 88.7 cm³/mol. The van der Waals surface area contributed by atoms with Crippen molar-refractivity contribution in [3.05, 3.63) is 64.9 Å². The number of nitrogens with one attached hydrogen (secondary N) is 1. The molecular formula is C17H15BrN2O. The highest BCUT2D eigenvalue weighted by atomic mass is 79.9. The van der Waals surface area contributed by atoms with E-state index in [2.05, 4.69) is 44.4 Å². The number of halogens is 1. The summed E-state index contributed by atoms with van der Waals surface area (Å²) in [5.41, 5.74) is 0.951. The van der Waals surface area contributed by atoms with Gasteiger partial charge >= 0.3 is 0 Å². The second-order valence-corrected chi connectivity index (χ2v) is 5.51. The van der Waals surface area contributed by atoms with Gasteiger partial charge in [0.25, 0.3) is 0 Å². The average molecular weight is 343 g/mol. The fraction of sp³-hybridized carbons (Fsp3) is 0.118. The van der Waals surface area contributed by atoms with Gasteiger partial charge in [0.15, 0.2) is 0 Å². The molecule has 0 aliphatic carbocycles. The number of pyridine rings is 1. The lowest BCUT2D eigenvalue weighted by molar-refractivity contribution is 0.478. The van der Waals surface area contributed by atoms with Crippen molar-refractivity contribution in [1.82, 2.24) is 10.3 Å². The van der Waals surface area contributed by atoms with Gasteiger partial charge in [0.05, 0.1) is 10.2 Å². The fourth-order valence-electron chi connectivity index (χ4n) is 2.22. The Morgan fingerprint density at radius 1 is 1.14 bits per heavy atom. The maximum atomic E-state index is 5.99. The third-order valence-corrected chi connectivity index (χ3v) is 4.02. The van der Waals surface area contributed by atoms with Crippen LogP contribution in [0.5, 0.6) is 11.5 Å². The van der Waals surface area contributed by atoms with E-state index in [1.165, 1.54) is 5.39 Å². The van der Waals surface area contributed by atoms with Crippen LogP contribution in [0.25, 0.3) is 10.8 Å². The molecule has 0 fully saturated rings. The molecule has 0 spiro atoms. The van der Waals surface area contributed by atoms with Crippen molar-refractivity contribution >= 4 is 26.7 Å². The first-order valence-corrected chi connectivity index (χ1v) is 7.52. The van der Waals surface area contributed by atoms with Gasteiger partial charge in [-0.25, -0.2) is 0 Å². The molecule has 3 rings (SSSR count). The number of benzene rings is 2. The van der Waals surface area contributed by atoms with Gasteiger partial charge in [-0.1, -0.05) is 30.3 Å². The molecule has 0 unspecified atom stereocenters. The molecule has 106 valence electrons. The highest BCUT2D eigenvalue weighted by Gasteiger charge is 2.07. The second-order valence-electron chi connectivity index (χ2n) is 4.71. The van der Waals surface area contributed by atoms with Crippen LogP contribution in [0.1, 0.15) is 5.69 Å². The van der Waals surface area contributed by atoms with E-state index in [-0.39, 0.29) is 0 Å².